The van der Waals surface area contributed by atoms with Crippen LogP contribution in [0.25, 0.3) is 0 Å². The van der Waals surface area contributed by atoms with Crippen LogP contribution in [0, 0.1) is 0 Å². The van der Waals surface area contributed by atoms with Gasteiger partial charge in [0.25, 0.3) is 0 Å². The first-order chi connectivity index (χ1) is 5.54. The Labute approximate surface area is 71.1 Å². The summed E-state index contributed by atoms with van der Waals surface area (Å²) in [5.41, 5.74) is 0.0735. The molecule has 0 aromatic carbocycles. The Balaban J connectivity index is 4.68. The van der Waals surface area contributed by atoms with Crippen molar-refractivity contribution < 1.29 is 19.4 Å². The molecule has 0 rings (SSSR count). The van der Waals surface area contributed by atoms with Crippen molar-refractivity contribution in [3.05, 3.63) is 23.7 Å². The number of hydrogen-bond donors (Lipinski definition) is 1. The van der Waals surface area contributed by atoms with Crippen LogP contribution in [0.15, 0.2) is 23.7 Å². The number of aliphatic hydroxyl groups excluding tert-OH is 1. The van der Waals surface area contributed by atoms with Gasteiger partial charge in [0.15, 0.2) is 11.5 Å². The molecule has 0 unspecified atom stereocenters. The summed E-state index contributed by atoms with van der Waals surface area (Å²) in [5, 5.41) is 9.24. The summed E-state index contributed by atoms with van der Waals surface area (Å²) < 4.78 is 8.99. The van der Waals surface area contributed by atoms with E-state index in [2.05, 4.69) is 16.1 Å². The number of rotatable bonds is 3. The summed E-state index contributed by atoms with van der Waals surface area (Å²) >= 11 is 0. The molecule has 0 aromatic rings. The number of aliphatic hydroxyl groups is 1. The van der Waals surface area contributed by atoms with Crippen molar-refractivity contribution in [1.29, 1.82) is 0 Å². The molecule has 0 amide bonds. The first-order valence-corrected chi connectivity index (χ1v) is 3.26. The predicted molar refractivity (Wildman–Crippen MR) is 43.5 cm³/mol. The van der Waals surface area contributed by atoms with E-state index in [4.69, 9.17) is 0 Å². The molecule has 68 valence electrons. The summed E-state index contributed by atoms with van der Waals surface area (Å²) in [6.07, 6.45) is 0. The third-order valence-electron chi connectivity index (χ3n) is 1.36. The van der Waals surface area contributed by atoms with Crippen LogP contribution in [0.3, 0.4) is 0 Å². The topological polar surface area (TPSA) is 55.8 Å². The highest BCUT2D eigenvalue weighted by Crippen LogP contribution is 2.11. The minimum Gasteiger partial charge on any atom is -0.504 e. The van der Waals surface area contributed by atoms with Gasteiger partial charge in [-0.1, -0.05) is 6.58 Å². The highest BCUT2D eigenvalue weighted by Gasteiger charge is 2.12. The molecule has 0 atom stereocenters. The highest BCUT2D eigenvalue weighted by molar-refractivity contribution is 5.88. The van der Waals surface area contributed by atoms with E-state index in [1.165, 1.54) is 21.1 Å². The average Bonchev–Trinajstić information content (AvgIpc) is 2.12. The number of ether oxygens (including phenoxy) is 2. The molecule has 0 aliphatic heterocycles. The highest BCUT2D eigenvalue weighted by atomic mass is 16.5. The van der Waals surface area contributed by atoms with E-state index >= 15 is 0 Å². The zero-order chi connectivity index (χ0) is 9.72. The molecule has 0 aromatic heterocycles. The maximum Gasteiger partial charge on any atom is 0.337 e. The third kappa shape index (κ3) is 2.30. The van der Waals surface area contributed by atoms with Gasteiger partial charge in [-0.15, -0.1) is 0 Å². The Morgan fingerprint density at radius 3 is 2.17 bits per heavy atom. The number of methoxy groups -OCH3 is 2. The van der Waals surface area contributed by atoms with Crippen LogP contribution in [-0.2, 0) is 14.3 Å². The van der Waals surface area contributed by atoms with Gasteiger partial charge in [-0.3, -0.25) is 0 Å². The van der Waals surface area contributed by atoms with E-state index in [9.17, 15) is 9.90 Å². The number of carbonyl (C=O) groups is 1. The first-order valence-electron chi connectivity index (χ1n) is 3.26. The molecule has 0 bridgehead atoms. The van der Waals surface area contributed by atoms with Crippen LogP contribution in [0.2, 0.25) is 0 Å². The molecule has 0 saturated heterocycles. The summed E-state index contributed by atoms with van der Waals surface area (Å²) in [4.78, 5) is 10.8. The molecule has 0 heterocycles. The fourth-order valence-corrected chi connectivity index (χ4v) is 0.556. The van der Waals surface area contributed by atoms with Crippen molar-refractivity contribution in [3.63, 3.8) is 0 Å². The fourth-order valence-electron chi connectivity index (χ4n) is 0.556. The molecule has 0 saturated carbocycles. The van der Waals surface area contributed by atoms with Crippen LogP contribution in [0.4, 0.5) is 0 Å². The van der Waals surface area contributed by atoms with E-state index < -0.39 is 5.97 Å². The van der Waals surface area contributed by atoms with Crippen molar-refractivity contribution in [2.75, 3.05) is 14.2 Å². The van der Waals surface area contributed by atoms with Gasteiger partial charge in [0.1, 0.15) is 0 Å². The summed E-state index contributed by atoms with van der Waals surface area (Å²) in [7, 11) is 2.58. The number of hydrogen-bond acceptors (Lipinski definition) is 4. The van der Waals surface area contributed by atoms with E-state index in [-0.39, 0.29) is 17.1 Å². The van der Waals surface area contributed by atoms with Crippen molar-refractivity contribution in [2.45, 2.75) is 6.92 Å². The summed E-state index contributed by atoms with van der Waals surface area (Å²) in [5.74, 6) is -0.854. The lowest BCUT2D eigenvalue weighted by atomic mass is 10.2. The van der Waals surface area contributed by atoms with Crippen molar-refractivity contribution in [3.8, 4) is 0 Å². The number of esters is 1. The zero-order valence-corrected chi connectivity index (χ0v) is 7.38. The Hall–Kier alpha value is -1.45. The Bertz CT molecular complexity index is 203. The maximum absolute atomic E-state index is 10.8. The van der Waals surface area contributed by atoms with Gasteiger partial charge >= 0.3 is 5.97 Å². The van der Waals surface area contributed by atoms with E-state index in [1.807, 2.05) is 0 Å². The standard InChI is InChI=1S/C8H12O4/c1-5(8(10)12-4)7(9)6(2)11-3/h9H,2H2,1,3-4H3/b7-5-. The molecule has 12 heavy (non-hydrogen) atoms. The molecule has 0 fully saturated rings. The monoisotopic (exact) mass is 172 g/mol. The molecule has 0 radical (unpaired) electrons. The van der Waals surface area contributed by atoms with Crippen molar-refractivity contribution >= 4 is 5.97 Å². The fraction of sp³-hybridized carbons (Fsp3) is 0.375. The number of carbonyl (C=O) groups excluding carboxylic acids is 1. The summed E-state index contributed by atoms with van der Waals surface area (Å²) in [6, 6.07) is 0. The molecule has 4 nitrogen and oxygen atoms in total. The maximum atomic E-state index is 10.8. The van der Waals surface area contributed by atoms with Gasteiger partial charge in [0.05, 0.1) is 19.8 Å². The molecular formula is C8H12O4. The second-order valence-corrected chi connectivity index (χ2v) is 2.09. The SMILES string of the molecule is C=C(OC)/C(O)=C(\C)C(=O)OC. The predicted octanol–water partition coefficient (Wildman–Crippen LogP) is 1.15. The van der Waals surface area contributed by atoms with Crippen LogP contribution < -0.4 is 0 Å². The molecule has 0 aliphatic carbocycles. The van der Waals surface area contributed by atoms with Gasteiger partial charge in [-0.25, -0.2) is 4.79 Å². The van der Waals surface area contributed by atoms with E-state index in [0.717, 1.165) is 0 Å². The lowest BCUT2D eigenvalue weighted by molar-refractivity contribution is -0.136. The lowest BCUT2D eigenvalue weighted by Crippen LogP contribution is -2.06. The van der Waals surface area contributed by atoms with E-state index in [0.29, 0.717) is 0 Å². The third-order valence-corrected chi connectivity index (χ3v) is 1.36. The second-order valence-electron chi connectivity index (χ2n) is 2.09. The molecule has 0 spiro atoms. The Morgan fingerprint density at radius 2 is 1.83 bits per heavy atom. The van der Waals surface area contributed by atoms with Gasteiger partial charge in [0, 0.05) is 0 Å². The Kier molecular flexibility index (Phi) is 3.90. The molecule has 4 heteroatoms. The van der Waals surface area contributed by atoms with E-state index in [1.54, 1.807) is 0 Å². The van der Waals surface area contributed by atoms with Crippen molar-refractivity contribution in [2.24, 2.45) is 0 Å². The van der Waals surface area contributed by atoms with Crippen LogP contribution >= 0.6 is 0 Å². The largest absolute Gasteiger partial charge is 0.504 e. The van der Waals surface area contributed by atoms with Gasteiger partial charge in [0.2, 0.25) is 0 Å². The quantitative estimate of drug-likeness (QED) is 0.300. The second kappa shape index (κ2) is 4.43. The van der Waals surface area contributed by atoms with Gasteiger partial charge < -0.3 is 14.6 Å². The summed E-state index contributed by atoms with van der Waals surface area (Å²) in [6.45, 7) is 4.79. The smallest absolute Gasteiger partial charge is 0.337 e. The lowest BCUT2D eigenvalue weighted by Gasteiger charge is -2.05. The molecular weight excluding hydrogens is 160 g/mol. The molecule has 1 N–H and O–H groups in total. The van der Waals surface area contributed by atoms with Crippen LogP contribution in [0.5, 0.6) is 0 Å². The average molecular weight is 172 g/mol. The minimum atomic E-state index is -0.606. The van der Waals surface area contributed by atoms with Gasteiger partial charge in [-0.2, -0.15) is 0 Å². The van der Waals surface area contributed by atoms with Crippen LogP contribution in [-0.4, -0.2) is 25.3 Å². The normalized spacial score (nSPS) is 11.6. The van der Waals surface area contributed by atoms with Crippen LogP contribution in [0.1, 0.15) is 6.92 Å². The first kappa shape index (κ1) is 10.6. The molecule has 0 aliphatic rings. The zero-order valence-electron chi connectivity index (χ0n) is 7.38. The van der Waals surface area contributed by atoms with Crippen molar-refractivity contribution in [1.82, 2.24) is 0 Å². The van der Waals surface area contributed by atoms with Gasteiger partial charge in [-0.05, 0) is 6.92 Å². The minimum absolute atomic E-state index is 0.0397. The Morgan fingerprint density at radius 1 is 1.33 bits per heavy atom.